The summed E-state index contributed by atoms with van der Waals surface area (Å²) in [7, 11) is 0. The van der Waals surface area contributed by atoms with Crippen molar-refractivity contribution in [2.75, 3.05) is 5.73 Å². The van der Waals surface area contributed by atoms with Crippen LogP contribution in [0.3, 0.4) is 0 Å². The number of aromatic amines is 2. The van der Waals surface area contributed by atoms with Gasteiger partial charge in [0.2, 0.25) is 0 Å². The third-order valence-corrected chi connectivity index (χ3v) is 4.87. The van der Waals surface area contributed by atoms with Gasteiger partial charge in [-0.05, 0) is 36.2 Å². The number of nitrogens with one attached hydrogen (secondary N) is 2. The van der Waals surface area contributed by atoms with Gasteiger partial charge in [0.25, 0.3) is 0 Å². The average molecular weight is 311 g/mol. The number of anilines is 1. The Labute approximate surface area is 139 Å². The Kier molecular flexibility index (Phi) is 2.57. The summed E-state index contributed by atoms with van der Waals surface area (Å²) in [6.45, 7) is 2.12. The Bertz CT molecular complexity index is 1220. The monoisotopic (exact) mass is 311 g/mol. The molecule has 5 aromatic rings. The summed E-state index contributed by atoms with van der Waals surface area (Å²) in [5.41, 5.74) is 13.2. The normalized spacial score (nSPS) is 11.7. The molecule has 0 spiro atoms. The number of nitrogen functional groups attached to an aromatic ring is 1. The molecule has 0 saturated carbocycles. The lowest BCUT2D eigenvalue weighted by Gasteiger charge is -2.06. The molecule has 0 radical (unpaired) electrons. The highest BCUT2D eigenvalue weighted by atomic mass is 14.9. The quantitative estimate of drug-likeness (QED) is 0.383. The van der Waals surface area contributed by atoms with Crippen molar-refractivity contribution in [3.63, 3.8) is 0 Å². The number of nitrogens with two attached hydrogens (primary N) is 1. The predicted molar refractivity (Wildman–Crippen MR) is 102 cm³/mol. The van der Waals surface area contributed by atoms with Crippen molar-refractivity contribution in [2.45, 2.75) is 6.92 Å². The van der Waals surface area contributed by atoms with Crippen molar-refractivity contribution in [2.24, 2.45) is 0 Å². The van der Waals surface area contributed by atoms with E-state index in [1.807, 2.05) is 0 Å². The van der Waals surface area contributed by atoms with Crippen molar-refractivity contribution in [3.05, 3.63) is 66.2 Å². The molecule has 0 aliphatic heterocycles. The molecule has 3 aromatic carbocycles. The van der Waals surface area contributed by atoms with E-state index in [1.165, 1.54) is 27.3 Å². The Balaban J connectivity index is 1.92. The molecule has 2 heterocycles. The van der Waals surface area contributed by atoms with E-state index in [2.05, 4.69) is 77.6 Å². The van der Waals surface area contributed by atoms with Crippen LogP contribution in [0.1, 0.15) is 5.56 Å². The lowest BCUT2D eigenvalue weighted by molar-refractivity contribution is 1.44. The van der Waals surface area contributed by atoms with E-state index in [0.29, 0.717) is 0 Å². The molecule has 24 heavy (non-hydrogen) atoms. The average Bonchev–Trinajstić information content (AvgIpc) is 3.09. The van der Waals surface area contributed by atoms with Gasteiger partial charge in [0, 0.05) is 38.3 Å². The lowest BCUT2D eigenvalue weighted by Crippen LogP contribution is -1.89. The van der Waals surface area contributed by atoms with Crippen LogP contribution in [-0.2, 0) is 0 Å². The molecular formula is C21H17N3. The SMILES string of the molecule is Cc1ccccc1-c1c(N)[nH]c2cc3[nH]c4ccccc4c3cc12. The van der Waals surface area contributed by atoms with Gasteiger partial charge in [0.1, 0.15) is 5.82 Å². The third kappa shape index (κ3) is 1.72. The van der Waals surface area contributed by atoms with E-state index in [1.54, 1.807) is 0 Å². The minimum atomic E-state index is 0.719. The predicted octanol–water partition coefficient (Wildman–Crippen LogP) is 5.36. The van der Waals surface area contributed by atoms with Gasteiger partial charge in [-0.3, -0.25) is 0 Å². The van der Waals surface area contributed by atoms with Crippen molar-refractivity contribution < 1.29 is 0 Å². The van der Waals surface area contributed by atoms with Crippen LogP contribution in [0, 0.1) is 6.92 Å². The van der Waals surface area contributed by atoms with E-state index in [0.717, 1.165) is 27.9 Å². The highest BCUT2D eigenvalue weighted by Crippen LogP contribution is 2.39. The number of aromatic nitrogens is 2. The number of hydrogen-bond donors (Lipinski definition) is 3. The van der Waals surface area contributed by atoms with E-state index < -0.39 is 0 Å². The maximum absolute atomic E-state index is 6.33. The maximum atomic E-state index is 6.33. The second kappa shape index (κ2) is 4.65. The smallest absolute Gasteiger partial charge is 0.109 e. The van der Waals surface area contributed by atoms with Gasteiger partial charge in [0.05, 0.1) is 0 Å². The highest BCUT2D eigenvalue weighted by molar-refractivity contribution is 6.15. The number of fused-ring (bicyclic) bond motifs is 4. The number of H-pyrrole nitrogens is 2. The molecule has 0 saturated heterocycles. The largest absolute Gasteiger partial charge is 0.385 e. The van der Waals surface area contributed by atoms with Crippen LogP contribution in [0.2, 0.25) is 0 Å². The molecule has 3 nitrogen and oxygen atoms in total. The molecule has 0 bridgehead atoms. The van der Waals surface area contributed by atoms with Crippen molar-refractivity contribution in [1.29, 1.82) is 0 Å². The molecule has 3 heteroatoms. The van der Waals surface area contributed by atoms with Crippen molar-refractivity contribution in [3.8, 4) is 11.1 Å². The highest BCUT2D eigenvalue weighted by Gasteiger charge is 2.15. The first-order valence-electron chi connectivity index (χ1n) is 8.10. The number of aryl methyl sites for hydroxylation is 1. The fourth-order valence-electron chi connectivity index (χ4n) is 3.70. The standard InChI is InChI=1S/C21H17N3/c1-12-6-2-3-7-13(12)20-16-10-15-14-8-4-5-9-17(14)23-18(15)11-19(16)24-21(20)22/h2-11,23-24H,22H2,1H3. The molecular weight excluding hydrogens is 294 g/mol. The van der Waals surface area contributed by atoms with Crippen molar-refractivity contribution >= 4 is 38.5 Å². The topological polar surface area (TPSA) is 57.6 Å². The van der Waals surface area contributed by atoms with Crippen LogP contribution in [0.4, 0.5) is 5.82 Å². The molecule has 5 rings (SSSR count). The van der Waals surface area contributed by atoms with Crippen LogP contribution >= 0.6 is 0 Å². The van der Waals surface area contributed by atoms with Gasteiger partial charge in [-0.25, -0.2) is 0 Å². The van der Waals surface area contributed by atoms with E-state index in [4.69, 9.17) is 5.73 Å². The summed E-state index contributed by atoms with van der Waals surface area (Å²) in [6, 6.07) is 21.2. The molecule has 0 atom stereocenters. The summed E-state index contributed by atoms with van der Waals surface area (Å²) in [5.74, 6) is 0.719. The van der Waals surface area contributed by atoms with Crippen LogP contribution < -0.4 is 5.73 Å². The second-order valence-corrected chi connectivity index (χ2v) is 6.34. The van der Waals surface area contributed by atoms with Gasteiger partial charge in [-0.15, -0.1) is 0 Å². The summed E-state index contributed by atoms with van der Waals surface area (Å²) >= 11 is 0. The minimum absolute atomic E-state index is 0.719. The van der Waals surface area contributed by atoms with E-state index in [-0.39, 0.29) is 0 Å². The van der Waals surface area contributed by atoms with E-state index >= 15 is 0 Å². The number of para-hydroxylation sites is 1. The molecule has 0 unspecified atom stereocenters. The van der Waals surface area contributed by atoms with Crippen molar-refractivity contribution in [1.82, 2.24) is 9.97 Å². The summed E-state index contributed by atoms with van der Waals surface area (Å²) in [4.78, 5) is 6.84. The molecule has 4 N–H and O–H groups in total. The fourth-order valence-corrected chi connectivity index (χ4v) is 3.70. The first-order valence-corrected chi connectivity index (χ1v) is 8.10. The molecule has 0 amide bonds. The van der Waals surface area contributed by atoms with Gasteiger partial charge in [0.15, 0.2) is 0 Å². The Morgan fingerprint density at radius 1 is 0.708 bits per heavy atom. The minimum Gasteiger partial charge on any atom is -0.385 e. The Morgan fingerprint density at radius 3 is 2.33 bits per heavy atom. The molecule has 0 fully saturated rings. The van der Waals surface area contributed by atoms with Gasteiger partial charge < -0.3 is 15.7 Å². The third-order valence-electron chi connectivity index (χ3n) is 4.87. The molecule has 116 valence electrons. The van der Waals surface area contributed by atoms with Crippen LogP contribution in [-0.4, -0.2) is 9.97 Å². The number of benzene rings is 3. The first-order chi connectivity index (χ1) is 11.7. The second-order valence-electron chi connectivity index (χ2n) is 6.34. The van der Waals surface area contributed by atoms with Crippen LogP contribution in [0.5, 0.6) is 0 Å². The zero-order chi connectivity index (χ0) is 16.3. The summed E-state index contributed by atoms with van der Waals surface area (Å²) < 4.78 is 0. The zero-order valence-electron chi connectivity index (χ0n) is 13.4. The van der Waals surface area contributed by atoms with E-state index in [9.17, 15) is 0 Å². The fraction of sp³-hybridized carbons (Fsp3) is 0.0476. The Hall–Kier alpha value is -3.20. The molecule has 2 aromatic heterocycles. The first kappa shape index (κ1) is 13.3. The summed E-state index contributed by atoms with van der Waals surface area (Å²) in [5, 5.41) is 3.64. The maximum Gasteiger partial charge on any atom is 0.109 e. The van der Waals surface area contributed by atoms with Crippen LogP contribution in [0.25, 0.3) is 43.8 Å². The molecule has 0 aliphatic rings. The number of rotatable bonds is 1. The van der Waals surface area contributed by atoms with Gasteiger partial charge >= 0.3 is 0 Å². The van der Waals surface area contributed by atoms with Gasteiger partial charge in [-0.2, -0.15) is 0 Å². The summed E-state index contributed by atoms with van der Waals surface area (Å²) in [6.07, 6.45) is 0. The Morgan fingerprint density at radius 2 is 1.46 bits per heavy atom. The number of hydrogen-bond acceptors (Lipinski definition) is 1. The van der Waals surface area contributed by atoms with Gasteiger partial charge in [-0.1, -0.05) is 42.5 Å². The zero-order valence-corrected chi connectivity index (χ0v) is 13.4. The molecule has 0 aliphatic carbocycles. The lowest BCUT2D eigenvalue weighted by atomic mass is 9.98. The van der Waals surface area contributed by atoms with Crippen LogP contribution in [0.15, 0.2) is 60.7 Å².